The SMILES string of the molecule is CC1=C[C@]2(O)OCCN(C)C2=CC1=O. The van der Waals surface area contributed by atoms with Gasteiger partial charge in [0.15, 0.2) is 5.78 Å². The van der Waals surface area contributed by atoms with E-state index in [1.165, 1.54) is 12.2 Å². The van der Waals surface area contributed by atoms with Crippen LogP contribution in [0.25, 0.3) is 0 Å². The Kier molecular flexibility index (Phi) is 1.97. The molecule has 1 saturated heterocycles. The minimum absolute atomic E-state index is 0.0676. The minimum Gasteiger partial charge on any atom is -0.371 e. The molecular weight excluding hydrogens is 182 g/mol. The Hall–Kier alpha value is -1.13. The highest BCUT2D eigenvalue weighted by Gasteiger charge is 2.39. The number of ketones is 1. The first kappa shape index (κ1) is 9.43. The fourth-order valence-electron chi connectivity index (χ4n) is 1.74. The van der Waals surface area contributed by atoms with Crippen molar-refractivity contribution in [1.29, 1.82) is 0 Å². The number of fused-ring (bicyclic) bond motifs is 1. The van der Waals surface area contributed by atoms with E-state index in [1.54, 1.807) is 6.92 Å². The fraction of sp³-hybridized carbons (Fsp3) is 0.500. The molecule has 0 aromatic carbocycles. The average Bonchev–Trinajstić information content (AvgIpc) is 2.09. The Bertz CT molecular complexity index is 345. The van der Waals surface area contributed by atoms with Crippen LogP contribution in [-0.2, 0) is 9.53 Å². The largest absolute Gasteiger partial charge is 0.371 e. The zero-order chi connectivity index (χ0) is 10.3. The molecule has 1 heterocycles. The van der Waals surface area contributed by atoms with Crippen molar-refractivity contribution < 1.29 is 14.6 Å². The average molecular weight is 195 g/mol. The van der Waals surface area contributed by atoms with Gasteiger partial charge in [-0.2, -0.15) is 0 Å². The molecule has 0 saturated carbocycles. The van der Waals surface area contributed by atoms with Crippen molar-refractivity contribution in [3.63, 3.8) is 0 Å². The van der Waals surface area contributed by atoms with Gasteiger partial charge in [0, 0.05) is 19.7 Å². The van der Waals surface area contributed by atoms with Gasteiger partial charge in [-0.05, 0) is 18.6 Å². The summed E-state index contributed by atoms with van der Waals surface area (Å²) in [4.78, 5) is 13.2. The molecule has 0 aromatic rings. The van der Waals surface area contributed by atoms with Gasteiger partial charge in [-0.3, -0.25) is 4.79 Å². The number of aliphatic hydroxyl groups is 1. The Labute approximate surface area is 82.5 Å². The highest BCUT2D eigenvalue weighted by atomic mass is 16.6. The lowest BCUT2D eigenvalue weighted by Crippen LogP contribution is -2.49. The van der Waals surface area contributed by atoms with E-state index < -0.39 is 5.79 Å². The molecule has 1 aliphatic heterocycles. The van der Waals surface area contributed by atoms with Crippen LogP contribution in [-0.4, -0.2) is 41.8 Å². The number of likely N-dealkylation sites (N-methyl/N-ethyl adjacent to an activating group) is 1. The Balaban J connectivity index is 2.43. The summed E-state index contributed by atoms with van der Waals surface area (Å²) >= 11 is 0. The first-order chi connectivity index (χ1) is 6.53. The van der Waals surface area contributed by atoms with E-state index in [-0.39, 0.29) is 5.78 Å². The highest BCUT2D eigenvalue weighted by molar-refractivity contribution is 6.05. The van der Waals surface area contributed by atoms with Crippen LogP contribution in [0, 0.1) is 0 Å². The molecule has 0 bridgehead atoms. The summed E-state index contributed by atoms with van der Waals surface area (Å²) in [6.45, 7) is 2.82. The summed E-state index contributed by atoms with van der Waals surface area (Å²) in [6.07, 6.45) is 2.91. The molecule has 1 atom stereocenters. The van der Waals surface area contributed by atoms with E-state index in [4.69, 9.17) is 4.74 Å². The molecule has 0 spiro atoms. The Morgan fingerprint density at radius 1 is 1.64 bits per heavy atom. The molecule has 4 nitrogen and oxygen atoms in total. The van der Waals surface area contributed by atoms with E-state index in [1.807, 2.05) is 11.9 Å². The molecule has 0 radical (unpaired) electrons. The van der Waals surface area contributed by atoms with E-state index >= 15 is 0 Å². The summed E-state index contributed by atoms with van der Waals surface area (Å²) in [6, 6.07) is 0. The highest BCUT2D eigenvalue weighted by Crippen LogP contribution is 2.31. The van der Waals surface area contributed by atoms with Gasteiger partial charge in [0.1, 0.15) is 0 Å². The van der Waals surface area contributed by atoms with Gasteiger partial charge >= 0.3 is 0 Å². The zero-order valence-electron chi connectivity index (χ0n) is 8.28. The van der Waals surface area contributed by atoms with Gasteiger partial charge in [0.05, 0.1) is 12.3 Å². The molecule has 2 aliphatic rings. The number of carbonyl (C=O) groups excluding carboxylic acids is 1. The van der Waals surface area contributed by atoms with Crippen molar-refractivity contribution >= 4 is 5.78 Å². The van der Waals surface area contributed by atoms with Crippen LogP contribution in [0.4, 0.5) is 0 Å². The first-order valence-corrected chi connectivity index (χ1v) is 4.56. The van der Waals surface area contributed by atoms with Crippen LogP contribution in [0.1, 0.15) is 6.92 Å². The Morgan fingerprint density at radius 3 is 3.07 bits per heavy atom. The molecule has 2 rings (SSSR count). The number of nitrogens with zero attached hydrogens (tertiary/aromatic N) is 1. The van der Waals surface area contributed by atoms with Crippen LogP contribution in [0.5, 0.6) is 0 Å². The lowest BCUT2D eigenvalue weighted by molar-refractivity contribution is -0.175. The summed E-state index contributed by atoms with van der Waals surface area (Å²) in [7, 11) is 1.83. The summed E-state index contributed by atoms with van der Waals surface area (Å²) in [5.41, 5.74) is 1.05. The van der Waals surface area contributed by atoms with Crippen molar-refractivity contribution in [2.75, 3.05) is 20.2 Å². The number of allylic oxidation sites excluding steroid dienone is 2. The number of morpholine rings is 1. The maximum absolute atomic E-state index is 11.4. The van der Waals surface area contributed by atoms with Crippen LogP contribution in [0.15, 0.2) is 23.4 Å². The van der Waals surface area contributed by atoms with Gasteiger partial charge < -0.3 is 14.7 Å². The van der Waals surface area contributed by atoms with Crippen molar-refractivity contribution in [1.82, 2.24) is 4.90 Å². The molecule has 1 fully saturated rings. The predicted molar refractivity (Wildman–Crippen MR) is 50.4 cm³/mol. The summed E-state index contributed by atoms with van der Waals surface area (Å²) < 4.78 is 5.28. The van der Waals surface area contributed by atoms with E-state index in [0.29, 0.717) is 24.4 Å². The number of hydrogen-bond donors (Lipinski definition) is 1. The van der Waals surface area contributed by atoms with Gasteiger partial charge in [0.25, 0.3) is 0 Å². The molecule has 4 heteroatoms. The van der Waals surface area contributed by atoms with Crippen molar-refractivity contribution in [3.8, 4) is 0 Å². The van der Waals surface area contributed by atoms with E-state index in [9.17, 15) is 9.90 Å². The summed E-state index contributed by atoms with van der Waals surface area (Å²) in [5.74, 6) is -1.47. The molecule has 0 amide bonds. The lowest BCUT2D eigenvalue weighted by atomic mass is 9.97. The molecule has 1 aliphatic carbocycles. The molecule has 0 aromatic heterocycles. The fourth-order valence-corrected chi connectivity index (χ4v) is 1.74. The third-order valence-corrected chi connectivity index (χ3v) is 2.60. The van der Waals surface area contributed by atoms with Crippen molar-refractivity contribution in [2.24, 2.45) is 0 Å². The maximum atomic E-state index is 11.4. The maximum Gasteiger partial charge on any atom is 0.228 e. The normalized spacial score (nSPS) is 32.2. The van der Waals surface area contributed by atoms with E-state index in [0.717, 1.165) is 0 Å². The third-order valence-electron chi connectivity index (χ3n) is 2.60. The number of ether oxygens (including phenoxy) is 1. The molecule has 14 heavy (non-hydrogen) atoms. The molecule has 76 valence electrons. The summed E-state index contributed by atoms with van der Waals surface area (Å²) in [5, 5.41) is 10.1. The zero-order valence-corrected chi connectivity index (χ0v) is 8.28. The smallest absolute Gasteiger partial charge is 0.228 e. The van der Waals surface area contributed by atoms with Crippen LogP contribution < -0.4 is 0 Å². The predicted octanol–water partition coefficient (Wildman–Crippen LogP) is 0.0499. The van der Waals surface area contributed by atoms with Gasteiger partial charge in [-0.1, -0.05) is 0 Å². The van der Waals surface area contributed by atoms with Crippen LogP contribution in [0.3, 0.4) is 0 Å². The molecule has 0 unspecified atom stereocenters. The lowest BCUT2D eigenvalue weighted by Gasteiger charge is -2.40. The van der Waals surface area contributed by atoms with Gasteiger partial charge in [0.2, 0.25) is 5.79 Å². The van der Waals surface area contributed by atoms with Crippen molar-refractivity contribution in [3.05, 3.63) is 23.4 Å². The van der Waals surface area contributed by atoms with Gasteiger partial charge in [-0.25, -0.2) is 0 Å². The molecular formula is C10H13NO3. The first-order valence-electron chi connectivity index (χ1n) is 4.56. The second-order valence-corrected chi connectivity index (χ2v) is 3.69. The third kappa shape index (κ3) is 1.27. The number of carbonyl (C=O) groups is 1. The quantitative estimate of drug-likeness (QED) is 0.593. The van der Waals surface area contributed by atoms with Gasteiger partial charge in [-0.15, -0.1) is 0 Å². The van der Waals surface area contributed by atoms with Crippen molar-refractivity contribution in [2.45, 2.75) is 12.7 Å². The second kappa shape index (κ2) is 2.93. The Morgan fingerprint density at radius 2 is 2.36 bits per heavy atom. The number of hydrogen-bond acceptors (Lipinski definition) is 4. The van der Waals surface area contributed by atoms with E-state index in [2.05, 4.69) is 0 Å². The monoisotopic (exact) mass is 195 g/mol. The standard InChI is InChI=1S/C10H13NO3/c1-7-6-10(13)9(5-8(7)12)11(2)3-4-14-10/h5-6,13H,3-4H2,1-2H3/t10-/m0/s1. The minimum atomic E-state index is -1.40. The topological polar surface area (TPSA) is 49.8 Å². The van der Waals surface area contributed by atoms with Crippen LogP contribution >= 0.6 is 0 Å². The second-order valence-electron chi connectivity index (χ2n) is 3.69. The molecule has 1 N–H and O–H groups in total. The van der Waals surface area contributed by atoms with Crippen LogP contribution in [0.2, 0.25) is 0 Å². The number of rotatable bonds is 0.